The highest BCUT2D eigenvalue weighted by Gasteiger charge is 2.24. The van der Waals surface area contributed by atoms with Gasteiger partial charge in [0.05, 0.1) is 12.3 Å². The van der Waals surface area contributed by atoms with Crippen LogP contribution in [0, 0.1) is 0 Å². The molecule has 0 aliphatic rings. The van der Waals surface area contributed by atoms with Crippen molar-refractivity contribution in [2.45, 2.75) is 52.1 Å². The SMILES string of the molecule is CC(C)(C)[Si-](C)(C)OCc1ccnc(CO)c1. The normalized spacial score (nSPS) is 12.8. The zero-order valence-electron chi connectivity index (χ0n) is 11.4. The third kappa shape index (κ3) is 3.91. The lowest BCUT2D eigenvalue weighted by atomic mass is 10.2. The molecule has 0 amide bonds. The van der Waals surface area contributed by atoms with Crippen LogP contribution in [0.3, 0.4) is 0 Å². The summed E-state index contributed by atoms with van der Waals surface area (Å²) in [4.78, 5) is 4.06. The van der Waals surface area contributed by atoms with Crippen molar-refractivity contribution in [1.82, 2.24) is 4.98 Å². The Labute approximate surface area is 105 Å². The van der Waals surface area contributed by atoms with Gasteiger partial charge in [0.15, 0.2) is 0 Å². The zero-order valence-corrected chi connectivity index (χ0v) is 12.4. The second kappa shape index (κ2) is 5.29. The lowest BCUT2D eigenvalue weighted by Gasteiger charge is -2.48. The molecular formula is C13H23NO2Si-. The molecule has 1 aromatic heterocycles. The van der Waals surface area contributed by atoms with Crippen molar-refractivity contribution in [3.63, 3.8) is 0 Å². The van der Waals surface area contributed by atoms with Crippen molar-refractivity contribution >= 4 is 8.32 Å². The Morgan fingerprint density at radius 2 is 2.00 bits per heavy atom. The molecule has 0 aliphatic heterocycles. The molecule has 0 atom stereocenters. The lowest BCUT2D eigenvalue weighted by molar-refractivity contribution is 0.270. The van der Waals surface area contributed by atoms with E-state index in [0.29, 0.717) is 12.3 Å². The van der Waals surface area contributed by atoms with Gasteiger partial charge in [-0.2, -0.15) is 0 Å². The third-order valence-corrected chi connectivity index (χ3v) is 7.93. The van der Waals surface area contributed by atoms with Gasteiger partial charge in [-0.05, 0) is 26.0 Å². The molecular weight excluding hydrogens is 230 g/mol. The Morgan fingerprint density at radius 1 is 1.35 bits per heavy atom. The molecule has 0 saturated carbocycles. The molecule has 1 rings (SSSR count). The second-order valence-corrected chi connectivity index (χ2v) is 10.7. The van der Waals surface area contributed by atoms with Crippen LogP contribution in [0.2, 0.25) is 18.1 Å². The van der Waals surface area contributed by atoms with E-state index in [2.05, 4.69) is 38.8 Å². The van der Waals surface area contributed by atoms with Gasteiger partial charge in [0, 0.05) is 12.8 Å². The van der Waals surface area contributed by atoms with E-state index in [0.717, 1.165) is 5.56 Å². The van der Waals surface area contributed by atoms with Gasteiger partial charge in [-0.15, -0.1) is 18.1 Å². The van der Waals surface area contributed by atoms with Crippen LogP contribution >= 0.6 is 0 Å². The molecule has 0 radical (unpaired) electrons. The van der Waals surface area contributed by atoms with Gasteiger partial charge in [-0.25, -0.2) is 0 Å². The maximum Gasteiger partial charge on any atom is 0.0853 e. The molecule has 0 unspecified atom stereocenters. The Balaban J connectivity index is 2.67. The molecule has 0 bridgehead atoms. The number of rotatable bonds is 4. The number of hydrogen-bond donors (Lipinski definition) is 1. The first kappa shape index (κ1) is 14.3. The summed E-state index contributed by atoms with van der Waals surface area (Å²) in [6.07, 6.45) is 1.72. The predicted molar refractivity (Wildman–Crippen MR) is 72.1 cm³/mol. The summed E-state index contributed by atoms with van der Waals surface area (Å²) in [6.45, 7) is 11.7. The number of nitrogens with zero attached hydrogens (tertiary/aromatic N) is 1. The molecule has 3 nitrogen and oxygen atoms in total. The molecule has 0 aromatic carbocycles. The van der Waals surface area contributed by atoms with Gasteiger partial charge >= 0.3 is 0 Å². The van der Waals surface area contributed by atoms with Gasteiger partial charge in [0.25, 0.3) is 0 Å². The minimum absolute atomic E-state index is 0.0199. The first-order chi connectivity index (χ1) is 7.76. The van der Waals surface area contributed by atoms with Crippen molar-refractivity contribution in [3.8, 4) is 0 Å². The fraction of sp³-hybridized carbons (Fsp3) is 0.615. The minimum Gasteiger partial charge on any atom is -0.561 e. The maximum absolute atomic E-state index is 9.02. The van der Waals surface area contributed by atoms with E-state index >= 15 is 0 Å². The summed E-state index contributed by atoms with van der Waals surface area (Å²) in [7, 11) is -1.70. The average Bonchev–Trinajstić information content (AvgIpc) is 2.25. The van der Waals surface area contributed by atoms with Crippen molar-refractivity contribution in [3.05, 3.63) is 29.6 Å². The fourth-order valence-corrected chi connectivity index (χ4v) is 2.15. The molecule has 1 N–H and O–H groups in total. The Kier molecular flexibility index (Phi) is 4.46. The quantitative estimate of drug-likeness (QED) is 0.838. The third-order valence-electron chi connectivity index (χ3n) is 3.45. The molecule has 97 valence electrons. The number of aliphatic hydroxyl groups excluding tert-OH is 1. The summed E-state index contributed by atoms with van der Waals surface area (Å²) >= 11 is 0. The molecule has 0 fully saturated rings. The van der Waals surface area contributed by atoms with Crippen LogP contribution < -0.4 is 0 Å². The van der Waals surface area contributed by atoms with Crippen LogP contribution in [0.15, 0.2) is 18.3 Å². The number of aromatic nitrogens is 1. The monoisotopic (exact) mass is 253 g/mol. The first-order valence-corrected chi connectivity index (χ1v) is 8.86. The highest BCUT2D eigenvalue weighted by atomic mass is 28.4. The minimum atomic E-state index is -1.70. The van der Waals surface area contributed by atoms with Crippen LogP contribution in [0.25, 0.3) is 0 Å². The van der Waals surface area contributed by atoms with Gasteiger partial charge in [-0.1, -0.05) is 20.8 Å². The Bertz CT molecular complexity index is 372. The molecule has 0 aliphatic carbocycles. The van der Waals surface area contributed by atoms with E-state index < -0.39 is 8.32 Å². The zero-order chi connectivity index (χ0) is 13.1. The maximum atomic E-state index is 9.02. The number of pyridine rings is 1. The molecule has 0 saturated heterocycles. The van der Waals surface area contributed by atoms with E-state index in [9.17, 15) is 0 Å². The standard InChI is InChI=1S/C13H23NO2Si/c1-13(2,3)17(4,5)16-10-11-6-7-14-12(8-11)9-15/h6-8,15H,9-10H2,1-5H3/q-1. The second-order valence-electron chi connectivity index (χ2n) is 5.86. The summed E-state index contributed by atoms with van der Waals surface area (Å²) in [5.74, 6) is 0. The molecule has 1 heterocycles. The summed E-state index contributed by atoms with van der Waals surface area (Å²) in [5, 5.41) is 9.25. The van der Waals surface area contributed by atoms with E-state index in [1.807, 2.05) is 12.1 Å². The molecule has 1 aromatic rings. The van der Waals surface area contributed by atoms with Crippen molar-refractivity contribution in [2.75, 3.05) is 0 Å². The van der Waals surface area contributed by atoms with Gasteiger partial charge in [0.2, 0.25) is 0 Å². The summed E-state index contributed by atoms with van der Waals surface area (Å²) in [6, 6.07) is 3.83. The smallest absolute Gasteiger partial charge is 0.0853 e. The highest BCUT2D eigenvalue weighted by molar-refractivity contribution is 6.74. The summed E-state index contributed by atoms with van der Waals surface area (Å²) < 4.78 is 6.11. The predicted octanol–water partition coefficient (Wildman–Crippen LogP) is 3.10. The van der Waals surface area contributed by atoms with Gasteiger partial charge in [0.1, 0.15) is 0 Å². The van der Waals surface area contributed by atoms with E-state index in [4.69, 9.17) is 9.53 Å². The Morgan fingerprint density at radius 3 is 2.53 bits per heavy atom. The van der Waals surface area contributed by atoms with Gasteiger partial charge in [-0.3, -0.25) is 4.98 Å². The molecule has 0 spiro atoms. The van der Waals surface area contributed by atoms with Crippen molar-refractivity contribution in [1.29, 1.82) is 0 Å². The van der Waals surface area contributed by atoms with Crippen LogP contribution in [-0.4, -0.2) is 18.4 Å². The van der Waals surface area contributed by atoms with E-state index in [1.54, 1.807) is 6.20 Å². The number of aliphatic hydroxyl groups is 1. The fourth-order valence-electron chi connectivity index (χ4n) is 1.18. The van der Waals surface area contributed by atoms with Crippen molar-refractivity contribution in [2.24, 2.45) is 0 Å². The Hall–Kier alpha value is -0.713. The lowest BCUT2D eigenvalue weighted by Crippen LogP contribution is -2.40. The summed E-state index contributed by atoms with van der Waals surface area (Å²) in [5.41, 5.74) is 1.77. The van der Waals surface area contributed by atoms with Crippen LogP contribution in [0.4, 0.5) is 0 Å². The average molecular weight is 253 g/mol. The largest absolute Gasteiger partial charge is 0.561 e. The molecule has 17 heavy (non-hydrogen) atoms. The molecule has 4 heteroatoms. The topological polar surface area (TPSA) is 42.4 Å². The van der Waals surface area contributed by atoms with Crippen LogP contribution in [-0.2, 0) is 17.6 Å². The van der Waals surface area contributed by atoms with Crippen LogP contribution in [0.1, 0.15) is 32.0 Å². The van der Waals surface area contributed by atoms with Crippen molar-refractivity contribution < 1.29 is 9.53 Å². The van der Waals surface area contributed by atoms with Gasteiger partial charge < -0.3 is 9.53 Å². The van der Waals surface area contributed by atoms with E-state index in [1.165, 1.54) is 0 Å². The van der Waals surface area contributed by atoms with E-state index in [-0.39, 0.29) is 11.6 Å². The first-order valence-electron chi connectivity index (χ1n) is 5.95. The number of hydrogen-bond acceptors (Lipinski definition) is 3. The highest BCUT2D eigenvalue weighted by Crippen LogP contribution is 2.37. The van der Waals surface area contributed by atoms with Crippen LogP contribution in [0.5, 0.6) is 0 Å².